The van der Waals surface area contributed by atoms with Crippen LogP contribution >= 0.6 is 12.4 Å². The molecule has 0 aliphatic rings. The third-order valence-corrected chi connectivity index (χ3v) is 0. The van der Waals surface area contributed by atoms with Gasteiger partial charge in [-0.1, -0.05) is 0 Å². The molecule has 8 nitrogen and oxygen atoms in total. The molecule has 0 aliphatic carbocycles. The fraction of sp³-hybridized carbons (Fsp3) is 0. The Hall–Kier alpha value is -0.640. The summed E-state index contributed by atoms with van der Waals surface area (Å²) in [5.74, 6) is 0. The van der Waals surface area contributed by atoms with Crippen molar-refractivity contribution in [1.82, 2.24) is 0 Å². The third kappa shape index (κ3) is 727. The van der Waals surface area contributed by atoms with Gasteiger partial charge in [0.1, 0.15) is 0 Å². The normalized spacial score (nSPS) is 8.20. The second-order valence-corrected chi connectivity index (χ2v) is 1.58. The standard InChI is InChI=1S/ClH.HNO3.H2O4S/c;2-1(3)4;1-5(2,3)4/h1H;(H,2,3,4);(H2,1,2,3,4). The van der Waals surface area contributed by atoms with Gasteiger partial charge in [0.2, 0.25) is 0 Å². The minimum atomic E-state index is -4.67. The molecule has 0 heterocycles. The second-order valence-electron chi connectivity index (χ2n) is 0.686. The zero-order valence-corrected chi connectivity index (χ0v) is 5.87. The maximum absolute atomic E-state index is 8.74. The summed E-state index contributed by atoms with van der Waals surface area (Å²) in [6, 6.07) is 0. The van der Waals surface area contributed by atoms with Crippen molar-refractivity contribution in [2.24, 2.45) is 0 Å². The molecule has 10 heteroatoms. The summed E-state index contributed by atoms with van der Waals surface area (Å²) in [7, 11) is -4.67. The van der Waals surface area contributed by atoms with Crippen LogP contribution in [0.3, 0.4) is 0 Å². The molecule has 0 amide bonds. The lowest BCUT2D eigenvalue weighted by atomic mass is 13.1. The van der Waals surface area contributed by atoms with Crippen molar-refractivity contribution < 1.29 is 27.8 Å². The monoisotopic (exact) mass is 197 g/mol. The van der Waals surface area contributed by atoms with E-state index in [1.165, 1.54) is 0 Å². The Morgan fingerprint density at radius 2 is 1.30 bits per heavy atom. The van der Waals surface area contributed by atoms with Crippen molar-refractivity contribution in [3.8, 4) is 0 Å². The molecule has 0 saturated heterocycles. The van der Waals surface area contributed by atoms with E-state index >= 15 is 0 Å². The Morgan fingerprint density at radius 3 is 1.30 bits per heavy atom. The molecule has 64 valence electrons. The van der Waals surface area contributed by atoms with Gasteiger partial charge >= 0.3 is 10.4 Å². The third-order valence-electron chi connectivity index (χ3n) is 0. The Balaban J connectivity index is -0.0000000910. The Bertz CT molecular complexity index is 156. The minimum absolute atomic E-state index is 0. The van der Waals surface area contributed by atoms with Crippen LogP contribution in [0.5, 0.6) is 0 Å². The van der Waals surface area contributed by atoms with Gasteiger partial charge in [-0.05, 0) is 0 Å². The molecule has 0 rings (SSSR count). The predicted molar refractivity (Wildman–Crippen MR) is 30.2 cm³/mol. The van der Waals surface area contributed by atoms with Crippen molar-refractivity contribution in [3.05, 3.63) is 10.1 Å². The van der Waals surface area contributed by atoms with E-state index in [9.17, 15) is 0 Å². The Morgan fingerprint density at radius 1 is 1.30 bits per heavy atom. The molecule has 0 saturated carbocycles. The first-order chi connectivity index (χ1) is 3.73. The van der Waals surface area contributed by atoms with Crippen LogP contribution < -0.4 is 0 Å². The van der Waals surface area contributed by atoms with Crippen LogP contribution in [0.15, 0.2) is 0 Å². The molecule has 10 heavy (non-hydrogen) atoms. The lowest BCUT2D eigenvalue weighted by Crippen LogP contribution is -1.89. The van der Waals surface area contributed by atoms with Crippen LogP contribution in [-0.2, 0) is 10.4 Å². The van der Waals surface area contributed by atoms with E-state index in [2.05, 4.69) is 0 Å². The van der Waals surface area contributed by atoms with Gasteiger partial charge in [0.05, 0.1) is 0 Å². The first kappa shape index (κ1) is 16.2. The molecule has 0 aromatic rings. The van der Waals surface area contributed by atoms with Crippen LogP contribution in [0, 0.1) is 10.1 Å². The average molecular weight is 198 g/mol. The largest absolute Gasteiger partial charge is 0.394 e. The highest BCUT2D eigenvalue weighted by molar-refractivity contribution is 7.79. The van der Waals surface area contributed by atoms with E-state index in [1.54, 1.807) is 0 Å². The summed E-state index contributed by atoms with van der Waals surface area (Å²) in [5.41, 5.74) is 0. The summed E-state index contributed by atoms with van der Waals surface area (Å²) in [6.07, 6.45) is 0. The van der Waals surface area contributed by atoms with Crippen LogP contribution in [0.1, 0.15) is 0 Å². The van der Waals surface area contributed by atoms with Gasteiger partial charge < -0.3 is 5.21 Å². The quantitative estimate of drug-likeness (QED) is 0.268. The summed E-state index contributed by atoms with van der Waals surface area (Å²) in [4.78, 5) is 8.36. The summed E-state index contributed by atoms with van der Waals surface area (Å²) in [6.45, 7) is 0. The van der Waals surface area contributed by atoms with Crippen molar-refractivity contribution in [1.29, 1.82) is 0 Å². The van der Waals surface area contributed by atoms with Crippen LogP contribution in [0.25, 0.3) is 0 Å². The van der Waals surface area contributed by atoms with E-state index in [1.807, 2.05) is 0 Å². The van der Waals surface area contributed by atoms with Gasteiger partial charge in [0.15, 0.2) is 0 Å². The highest BCUT2D eigenvalue weighted by atomic mass is 35.5. The molecule has 3 N–H and O–H groups in total. The van der Waals surface area contributed by atoms with Gasteiger partial charge in [-0.25, -0.2) is 0 Å². The molecule has 0 spiro atoms. The molecule has 0 atom stereocenters. The van der Waals surface area contributed by atoms with Gasteiger partial charge in [-0.15, -0.1) is 22.5 Å². The molecule has 0 fully saturated rings. The smallest absolute Gasteiger partial charge is 0.328 e. The lowest BCUT2D eigenvalue weighted by molar-refractivity contribution is -0.742. The predicted octanol–water partition coefficient (Wildman–Crippen LogP) is -0.579. The minimum Gasteiger partial charge on any atom is -0.328 e. The van der Waals surface area contributed by atoms with Gasteiger partial charge in [-0.3, -0.25) is 9.11 Å². The Kier molecular flexibility index (Phi) is 10.5. The topological polar surface area (TPSA) is 138 Å². The number of hydrogen-bond donors (Lipinski definition) is 3. The highest BCUT2D eigenvalue weighted by Crippen LogP contribution is 1.59. The zero-order valence-electron chi connectivity index (χ0n) is 4.24. The number of hydrogen-bond acceptors (Lipinski definition) is 4. The lowest BCUT2D eigenvalue weighted by Gasteiger charge is -1.68. The molecule has 0 bridgehead atoms. The van der Waals surface area contributed by atoms with Crippen LogP contribution in [-0.4, -0.2) is 27.8 Å². The maximum Gasteiger partial charge on any atom is 0.394 e. The molecule has 0 aromatic heterocycles. The fourth-order valence-electron chi connectivity index (χ4n) is 0. The fourth-order valence-corrected chi connectivity index (χ4v) is 0. The summed E-state index contributed by atoms with van der Waals surface area (Å²) >= 11 is 0. The average Bonchev–Trinajstić information content (AvgIpc) is 1.19. The van der Waals surface area contributed by atoms with Crippen LogP contribution in [0.4, 0.5) is 0 Å². The number of rotatable bonds is 0. The molecule has 0 aliphatic heterocycles. The van der Waals surface area contributed by atoms with E-state index in [0.29, 0.717) is 0 Å². The van der Waals surface area contributed by atoms with Crippen molar-refractivity contribution in [2.45, 2.75) is 0 Å². The van der Waals surface area contributed by atoms with Gasteiger partial charge in [0.25, 0.3) is 5.09 Å². The van der Waals surface area contributed by atoms with Crippen LogP contribution in [0.2, 0.25) is 0 Å². The van der Waals surface area contributed by atoms with Crippen molar-refractivity contribution in [2.75, 3.05) is 0 Å². The number of nitrogens with zero attached hydrogens (tertiary/aromatic N) is 1. The van der Waals surface area contributed by atoms with E-state index < -0.39 is 15.5 Å². The highest BCUT2D eigenvalue weighted by Gasteiger charge is 1.84. The van der Waals surface area contributed by atoms with E-state index in [0.717, 1.165) is 0 Å². The van der Waals surface area contributed by atoms with Gasteiger partial charge in [-0.2, -0.15) is 8.42 Å². The summed E-state index contributed by atoms with van der Waals surface area (Å²) < 4.78 is 31.6. The Labute approximate surface area is 61.6 Å². The van der Waals surface area contributed by atoms with Crippen molar-refractivity contribution >= 4 is 22.8 Å². The van der Waals surface area contributed by atoms with E-state index in [-0.39, 0.29) is 12.4 Å². The second kappa shape index (κ2) is 6.48. The molecule has 0 unspecified atom stereocenters. The van der Waals surface area contributed by atoms with Crippen molar-refractivity contribution in [3.63, 3.8) is 0 Å². The molecular weight excluding hydrogens is 194 g/mol. The summed E-state index contributed by atoms with van der Waals surface area (Å²) in [5, 5.41) is 13.6. The first-order valence-corrected chi connectivity index (χ1v) is 2.66. The van der Waals surface area contributed by atoms with E-state index in [4.69, 9.17) is 32.8 Å². The zero-order chi connectivity index (χ0) is 8.08. The molecule has 0 aromatic carbocycles. The number of halogens is 1. The first-order valence-electron chi connectivity index (χ1n) is 1.26. The molecular formula is H4ClNO7S. The molecule has 0 radical (unpaired) electrons. The van der Waals surface area contributed by atoms with Gasteiger partial charge in [0, 0.05) is 0 Å². The SMILES string of the molecule is Cl.O=S(=O)(O)O.O=[N+]([O-])O. The maximum atomic E-state index is 8.74.